The zero-order valence-electron chi connectivity index (χ0n) is 19.7. The Morgan fingerprint density at radius 3 is 2.64 bits per heavy atom. The van der Waals surface area contributed by atoms with Gasteiger partial charge < -0.3 is 15.0 Å². The highest BCUT2D eigenvalue weighted by Gasteiger charge is 2.69. The molecule has 180 valence electrons. The molecule has 1 N–H and O–H groups in total. The molecule has 0 aliphatic carbocycles. The van der Waals surface area contributed by atoms with Crippen molar-refractivity contribution in [1.29, 1.82) is 0 Å². The standard InChI is InChI=1S/C29H23FN2O4/c1-16(33)26-25(27(34)18-6-5-7-20(15-18)36-2)29(21-8-3-4-9-22(21)31-28(29)35)24-13-10-17-14-19(30)11-12-23(17)32(24)26/h3-15,24-26H,1-2H3,(H,31,35)/t24-,25+,26-,29-/m1/s1. The van der Waals surface area contributed by atoms with E-state index >= 15 is 0 Å². The maximum Gasteiger partial charge on any atom is 0.238 e. The minimum atomic E-state index is -1.37. The smallest absolute Gasteiger partial charge is 0.238 e. The van der Waals surface area contributed by atoms with E-state index in [2.05, 4.69) is 5.32 Å². The number of hydrogen-bond acceptors (Lipinski definition) is 5. The van der Waals surface area contributed by atoms with Crippen LogP contribution in [0.4, 0.5) is 15.8 Å². The number of amides is 1. The topological polar surface area (TPSA) is 75.7 Å². The third-order valence-corrected chi connectivity index (χ3v) is 7.65. The highest BCUT2D eigenvalue weighted by Crippen LogP contribution is 2.57. The van der Waals surface area contributed by atoms with E-state index in [-0.39, 0.29) is 17.5 Å². The number of Topliss-reactive ketones (excluding diaryl/α,β-unsaturated/α-hetero) is 2. The van der Waals surface area contributed by atoms with Crippen molar-refractivity contribution in [3.05, 3.63) is 95.3 Å². The molecule has 0 radical (unpaired) electrons. The van der Waals surface area contributed by atoms with Crippen molar-refractivity contribution in [2.24, 2.45) is 5.92 Å². The van der Waals surface area contributed by atoms with Gasteiger partial charge >= 0.3 is 0 Å². The number of nitrogens with one attached hydrogen (secondary N) is 1. The Balaban J connectivity index is 1.65. The minimum Gasteiger partial charge on any atom is -0.497 e. The lowest BCUT2D eigenvalue weighted by Gasteiger charge is -2.37. The fraction of sp³-hybridized carbons (Fsp3) is 0.207. The number of ketones is 2. The van der Waals surface area contributed by atoms with Gasteiger partial charge in [0.1, 0.15) is 17.0 Å². The van der Waals surface area contributed by atoms with Crippen molar-refractivity contribution < 1.29 is 23.5 Å². The molecule has 3 aliphatic rings. The number of nitrogens with zero attached hydrogens (tertiary/aromatic N) is 1. The quantitative estimate of drug-likeness (QED) is 0.558. The first kappa shape index (κ1) is 22.2. The van der Waals surface area contributed by atoms with Crippen molar-refractivity contribution in [1.82, 2.24) is 0 Å². The van der Waals surface area contributed by atoms with Crippen LogP contribution in [0.3, 0.4) is 0 Å². The molecule has 7 heteroatoms. The van der Waals surface area contributed by atoms with E-state index in [4.69, 9.17) is 4.74 Å². The van der Waals surface area contributed by atoms with Crippen LogP contribution in [0.25, 0.3) is 6.08 Å². The molecule has 3 aliphatic heterocycles. The number of fused-ring (bicyclic) bond motifs is 6. The number of carbonyl (C=O) groups is 3. The van der Waals surface area contributed by atoms with E-state index in [1.165, 1.54) is 26.2 Å². The summed E-state index contributed by atoms with van der Waals surface area (Å²) in [7, 11) is 1.51. The lowest BCUT2D eigenvalue weighted by atomic mass is 9.64. The Morgan fingerprint density at radius 2 is 1.86 bits per heavy atom. The largest absolute Gasteiger partial charge is 0.497 e. The summed E-state index contributed by atoms with van der Waals surface area (Å²) in [4.78, 5) is 43.5. The summed E-state index contributed by atoms with van der Waals surface area (Å²) in [6.07, 6.45) is 3.59. The molecule has 36 heavy (non-hydrogen) atoms. The molecule has 6 nitrogen and oxygen atoms in total. The first-order valence-electron chi connectivity index (χ1n) is 11.7. The van der Waals surface area contributed by atoms with Crippen LogP contribution in [0.2, 0.25) is 0 Å². The van der Waals surface area contributed by atoms with E-state index < -0.39 is 29.2 Å². The average Bonchev–Trinajstić information content (AvgIpc) is 3.36. The molecule has 4 atom stereocenters. The first-order chi connectivity index (χ1) is 17.4. The monoisotopic (exact) mass is 482 g/mol. The van der Waals surface area contributed by atoms with Crippen LogP contribution in [-0.4, -0.2) is 36.7 Å². The number of anilines is 2. The Morgan fingerprint density at radius 1 is 1.06 bits per heavy atom. The number of rotatable bonds is 4. The van der Waals surface area contributed by atoms with E-state index in [1.807, 2.05) is 29.2 Å². The second-order valence-corrected chi connectivity index (χ2v) is 9.41. The summed E-state index contributed by atoms with van der Waals surface area (Å²) < 4.78 is 19.4. The number of para-hydroxylation sites is 1. The van der Waals surface area contributed by atoms with Gasteiger partial charge in [-0.1, -0.05) is 42.5 Å². The molecule has 3 aromatic rings. The van der Waals surface area contributed by atoms with Gasteiger partial charge in [-0.25, -0.2) is 4.39 Å². The lowest BCUT2D eigenvalue weighted by molar-refractivity contribution is -0.122. The van der Waals surface area contributed by atoms with Crippen molar-refractivity contribution in [3.63, 3.8) is 0 Å². The maximum atomic E-state index is 14.4. The molecule has 0 aromatic heterocycles. The van der Waals surface area contributed by atoms with E-state index in [1.54, 1.807) is 42.5 Å². The lowest BCUT2D eigenvalue weighted by Crippen LogP contribution is -2.51. The zero-order chi connectivity index (χ0) is 25.2. The van der Waals surface area contributed by atoms with Gasteiger partial charge in [-0.2, -0.15) is 0 Å². The third kappa shape index (κ3) is 2.86. The Bertz CT molecular complexity index is 1480. The third-order valence-electron chi connectivity index (χ3n) is 7.65. The number of ether oxygens (including phenoxy) is 1. The summed E-state index contributed by atoms with van der Waals surface area (Å²) in [5.41, 5.74) is 1.48. The zero-order valence-corrected chi connectivity index (χ0v) is 19.7. The molecule has 6 rings (SSSR count). The second kappa shape index (κ2) is 7.88. The molecule has 1 saturated heterocycles. The van der Waals surface area contributed by atoms with Crippen LogP contribution in [0.15, 0.2) is 72.8 Å². The van der Waals surface area contributed by atoms with Gasteiger partial charge in [0, 0.05) is 22.5 Å². The molecule has 1 spiro atoms. The molecule has 3 heterocycles. The maximum absolute atomic E-state index is 14.4. The van der Waals surface area contributed by atoms with Gasteiger partial charge in [0.05, 0.1) is 25.1 Å². The van der Waals surface area contributed by atoms with Gasteiger partial charge in [-0.15, -0.1) is 0 Å². The first-order valence-corrected chi connectivity index (χ1v) is 11.7. The number of methoxy groups -OCH3 is 1. The summed E-state index contributed by atoms with van der Waals surface area (Å²) >= 11 is 0. The number of carbonyl (C=O) groups excluding carboxylic acids is 3. The van der Waals surface area contributed by atoms with E-state index in [0.29, 0.717) is 33.8 Å². The predicted octanol–water partition coefficient (Wildman–Crippen LogP) is 4.40. The summed E-state index contributed by atoms with van der Waals surface area (Å²) in [6, 6.07) is 16.8. The van der Waals surface area contributed by atoms with Crippen LogP contribution in [0.1, 0.15) is 28.4 Å². The van der Waals surface area contributed by atoms with Crippen LogP contribution in [0.5, 0.6) is 5.75 Å². The molecular formula is C29H23FN2O4. The number of halogens is 1. The van der Waals surface area contributed by atoms with Gasteiger partial charge in [-0.3, -0.25) is 14.4 Å². The molecule has 0 unspecified atom stereocenters. The Hall–Kier alpha value is -4.26. The minimum absolute atomic E-state index is 0.249. The number of hydrogen-bond donors (Lipinski definition) is 1. The summed E-state index contributed by atoms with van der Waals surface area (Å²) in [6.45, 7) is 1.44. The van der Waals surface area contributed by atoms with E-state index in [9.17, 15) is 18.8 Å². The molecular weight excluding hydrogens is 459 g/mol. The van der Waals surface area contributed by atoms with Crippen molar-refractivity contribution in [2.75, 3.05) is 17.3 Å². The fourth-order valence-electron chi connectivity index (χ4n) is 6.26. The van der Waals surface area contributed by atoms with Gasteiger partial charge in [0.25, 0.3) is 0 Å². The van der Waals surface area contributed by atoms with Crippen LogP contribution < -0.4 is 15.0 Å². The highest BCUT2D eigenvalue weighted by molar-refractivity contribution is 6.16. The normalized spacial score (nSPS) is 25.2. The Kier molecular flexibility index (Phi) is 4.86. The van der Waals surface area contributed by atoms with Crippen molar-refractivity contribution in [2.45, 2.75) is 24.4 Å². The van der Waals surface area contributed by atoms with Gasteiger partial charge in [-0.05, 0) is 48.9 Å². The summed E-state index contributed by atoms with van der Waals surface area (Å²) in [5, 5.41) is 2.97. The molecule has 3 aromatic carbocycles. The highest BCUT2D eigenvalue weighted by atomic mass is 19.1. The summed E-state index contributed by atoms with van der Waals surface area (Å²) in [5.74, 6) is -1.84. The van der Waals surface area contributed by atoms with Crippen LogP contribution >= 0.6 is 0 Å². The van der Waals surface area contributed by atoms with E-state index in [0.717, 1.165) is 0 Å². The molecule has 0 saturated carbocycles. The van der Waals surface area contributed by atoms with Crippen molar-refractivity contribution in [3.8, 4) is 5.75 Å². The Labute approximate surface area is 207 Å². The second-order valence-electron chi connectivity index (χ2n) is 9.41. The number of benzene rings is 3. The van der Waals surface area contributed by atoms with Gasteiger partial charge in [0.15, 0.2) is 11.6 Å². The fourth-order valence-corrected chi connectivity index (χ4v) is 6.26. The molecule has 1 fully saturated rings. The molecule has 0 bridgehead atoms. The van der Waals surface area contributed by atoms with Crippen LogP contribution in [0, 0.1) is 11.7 Å². The van der Waals surface area contributed by atoms with Gasteiger partial charge in [0.2, 0.25) is 5.91 Å². The SMILES string of the molecule is COc1cccc(C(=O)[C@@H]2[C@@H](C(C)=O)N3c4ccc(F)cc4C=C[C@@H]3[C@@]23C(=O)Nc2ccccc23)c1. The van der Waals surface area contributed by atoms with Crippen LogP contribution in [-0.2, 0) is 15.0 Å². The molecule has 1 amide bonds. The predicted molar refractivity (Wildman–Crippen MR) is 134 cm³/mol. The van der Waals surface area contributed by atoms with Crippen molar-refractivity contribution >= 4 is 34.9 Å². The average molecular weight is 483 g/mol.